The molecule has 34 heavy (non-hydrogen) atoms. The molecule has 1 aliphatic heterocycles. The van der Waals surface area contributed by atoms with E-state index in [0.717, 1.165) is 48.8 Å². The van der Waals surface area contributed by atoms with E-state index in [-0.39, 0.29) is 30.7 Å². The van der Waals surface area contributed by atoms with Gasteiger partial charge in [0, 0.05) is 18.4 Å². The van der Waals surface area contributed by atoms with Gasteiger partial charge in [0.15, 0.2) is 5.60 Å². The summed E-state index contributed by atoms with van der Waals surface area (Å²) in [5.74, 6) is -4.31. The van der Waals surface area contributed by atoms with E-state index in [9.17, 15) is 31.1 Å². The molecule has 0 saturated carbocycles. The zero-order valence-corrected chi connectivity index (χ0v) is 17.4. The number of carbonyl (C=O) groups excluding carboxylic acids is 1. The zero-order valence-electron chi connectivity index (χ0n) is 17.4. The first-order valence-corrected chi connectivity index (χ1v) is 10.2. The van der Waals surface area contributed by atoms with E-state index in [0.29, 0.717) is 6.42 Å². The largest absolute Gasteiger partial charge is 0.421 e. The molecule has 0 radical (unpaired) electrons. The topological polar surface area (TPSA) is 64.1 Å². The van der Waals surface area contributed by atoms with Crippen molar-refractivity contribution in [2.45, 2.75) is 31.0 Å². The van der Waals surface area contributed by atoms with Crippen LogP contribution in [0.2, 0.25) is 0 Å². The Morgan fingerprint density at radius 1 is 1.00 bits per heavy atom. The summed E-state index contributed by atoms with van der Waals surface area (Å²) in [7, 11) is 0. The highest BCUT2D eigenvalue weighted by atomic mass is 19.4. The Morgan fingerprint density at radius 2 is 1.74 bits per heavy atom. The summed E-state index contributed by atoms with van der Waals surface area (Å²) < 4.78 is 90.1. The van der Waals surface area contributed by atoms with E-state index in [1.807, 2.05) is 0 Å². The lowest BCUT2D eigenvalue weighted by Gasteiger charge is -2.39. The Balaban J connectivity index is 1.72. The van der Waals surface area contributed by atoms with Crippen LogP contribution in [-0.2, 0) is 10.3 Å². The number of carbonyl (C=O) groups is 1. The fourth-order valence-electron chi connectivity index (χ4n) is 3.88. The third-order valence-corrected chi connectivity index (χ3v) is 5.51. The van der Waals surface area contributed by atoms with Gasteiger partial charge in [-0.2, -0.15) is 13.2 Å². The third-order valence-electron chi connectivity index (χ3n) is 5.51. The Kier molecular flexibility index (Phi) is 6.30. The number of benzene rings is 1. The first kappa shape index (κ1) is 23.7. The van der Waals surface area contributed by atoms with Crippen molar-refractivity contribution in [1.82, 2.24) is 9.97 Å². The monoisotopic (exact) mass is 481 g/mol. The first-order chi connectivity index (χ1) is 16.1. The van der Waals surface area contributed by atoms with Gasteiger partial charge >= 0.3 is 6.18 Å². The molecule has 1 N–H and O–H groups in total. The number of amides is 1. The molecule has 1 aliphatic rings. The molecule has 3 aromatic rings. The fraction of sp³-hybridized carbons (Fsp3) is 0.261. The van der Waals surface area contributed by atoms with Crippen molar-refractivity contribution in [1.29, 1.82) is 0 Å². The van der Waals surface area contributed by atoms with Crippen molar-refractivity contribution in [3.63, 3.8) is 0 Å². The molecule has 0 unspecified atom stereocenters. The van der Waals surface area contributed by atoms with Gasteiger partial charge in [0.05, 0.1) is 17.4 Å². The number of nitrogens with zero attached hydrogens (tertiary/aromatic N) is 2. The molecule has 0 spiro atoms. The number of alkyl halides is 3. The second-order valence-corrected chi connectivity index (χ2v) is 7.63. The van der Waals surface area contributed by atoms with E-state index in [1.54, 1.807) is 0 Å². The highest BCUT2D eigenvalue weighted by molar-refractivity contribution is 6.03. The van der Waals surface area contributed by atoms with Gasteiger partial charge in [-0.25, -0.2) is 18.2 Å². The van der Waals surface area contributed by atoms with E-state index in [4.69, 9.17) is 4.74 Å². The van der Waals surface area contributed by atoms with Crippen LogP contribution in [0.15, 0.2) is 48.8 Å². The second kappa shape index (κ2) is 9.05. The quantitative estimate of drug-likeness (QED) is 0.481. The number of hydrogen-bond donors (Lipinski definition) is 1. The van der Waals surface area contributed by atoms with Crippen LogP contribution in [0.1, 0.15) is 35.3 Å². The van der Waals surface area contributed by atoms with Crippen molar-refractivity contribution in [2.75, 3.05) is 11.9 Å². The number of anilines is 1. The Labute approximate surface area is 189 Å². The Morgan fingerprint density at radius 3 is 2.38 bits per heavy atom. The maximum absolute atomic E-state index is 14.3. The molecule has 3 heterocycles. The third kappa shape index (κ3) is 4.23. The average molecular weight is 481 g/mol. The van der Waals surface area contributed by atoms with Crippen LogP contribution in [0.4, 0.5) is 32.0 Å². The van der Waals surface area contributed by atoms with Crippen molar-refractivity contribution in [2.24, 2.45) is 0 Å². The maximum Gasteiger partial charge on any atom is 0.421 e. The van der Waals surface area contributed by atoms with Gasteiger partial charge in [0.1, 0.15) is 28.8 Å². The summed E-state index contributed by atoms with van der Waals surface area (Å²) in [5.41, 5.74) is -5.27. The number of aromatic nitrogens is 2. The van der Waals surface area contributed by atoms with Crippen LogP contribution in [0.5, 0.6) is 0 Å². The fourth-order valence-corrected chi connectivity index (χ4v) is 3.88. The molecule has 1 atom stereocenters. The Hall–Kier alpha value is -3.47. The maximum atomic E-state index is 14.3. The Bertz CT molecular complexity index is 1210. The van der Waals surface area contributed by atoms with E-state index in [1.165, 1.54) is 0 Å². The lowest BCUT2D eigenvalue weighted by atomic mass is 9.85. The summed E-state index contributed by atoms with van der Waals surface area (Å²) in [5, 5.41) is 2.29. The standard InChI is InChI=1S/C23H17F6N3O2/c24-14-4-3-5-15(25)19(14)20-16(26)6-7-17(31-20)21(33)32-18-12-30-10-8-13(18)22(23(27,28)29)9-1-2-11-34-22/h3-8,10,12H,1-2,9,11H2,(H,32,33)/t22-/m1/s1. The minimum absolute atomic E-state index is 0.119. The van der Waals surface area contributed by atoms with Crippen LogP contribution < -0.4 is 5.32 Å². The minimum atomic E-state index is -4.78. The summed E-state index contributed by atoms with van der Waals surface area (Å²) >= 11 is 0. The molecule has 0 bridgehead atoms. The number of halogens is 6. The first-order valence-electron chi connectivity index (χ1n) is 10.2. The molecular weight excluding hydrogens is 464 g/mol. The molecule has 1 aromatic carbocycles. The number of hydrogen-bond acceptors (Lipinski definition) is 4. The molecule has 0 aliphatic carbocycles. The lowest BCUT2D eigenvalue weighted by molar-refractivity contribution is -0.296. The van der Waals surface area contributed by atoms with Crippen LogP contribution >= 0.6 is 0 Å². The summed E-state index contributed by atoms with van der Waals surface area (Å²) in [6, 6.07) is 5.71. The van der Waals surface area contributed by atoms with Crippen molar-refractivity contribution in [3.05, 3.63) is 77.5 Å². The van der Waals surface area contributed by atoms with E-state index < -0.39 is 52.1 Å². The number of rotatable bonds is 4. The number of pyridine rings is 2. The van der Waals surface area contributed by atoms with Gasteiger partial charge in [-0.1, -0.05) is 6.07 Å². The molecule has 178 valence electrons. The number of ether oxygens (including phenoxy) is 1. The minimum Gasteiger partial charge on any atom is -0.361 e. The van der Waals surface area contributed by atoms with Crippen molar-refractivity contribution < 1.29 is 35.9 Å². The predicted octanol–water partition coefficient (Wildman–Crippen LogP) is 5.77. The molecule has 1 fully saturated rings. The van der Waals surface area contributed by atoms with Crippen molar-refractivity contribution >= 4 is 11.6 Å². The molecule has 2 aromatic heterocycles. The molecule has 1 amide bonds. The molecule has 1 saturated heterocycles. The van der Waals surface area contributed by atoms with Gasteiger partial charge in [0.2, 0.25) is 0 Å². The highest BCUT2D eigenvalue weighted by Gasteiger charge is 2.58. The van der Waals surface area contributed by atoms with Crippen LogP contribution in [-0.4, -0.2) is 28.7 Å². The van der Waals surface area contributed by atoms with Gasteiger partial charge in [0.25, 0.3) is 5.91 Å². The van der Waals surface area contributed by atoms with Gasteiger partial charge in [-0.3, -0.25) is 9.78 Å². The normalized spacial score (nSPS) is 18.5. The smallest absolute Gasteiger partial charge is 0.361 e. The molecule has 4 rings (SSSR count). The second-order valence-electron chi connectivity index (χ2n) is 7.63. The average Bonchev–Trinajstić information content (AvgIpc) is 2.80. The summed E-state index contributed by atoms with van der Waals surface area (Å²) in [4.78, 5) is 20.3. The van der Waals surface area contributed by atoms with Crippen LogP contribution in [0.25, 0.3) is 11.3 Å². The van der Waals surface area contributed by atoms with Gasteiger partial charge < -0.3 is 10.1 Å². The SMILES string of the molecule is O=C(Nc1cnccc1[C@@]1(C(F)(F)F)CCCCO1)c1ccc(F)c(-c2c(F)cccc2F)n1. The van der Waals surface area contributed by atoms with Crippen LogP contribution in [0.3, 0.4) is 0 Å². The van der Waals surface area contributed by atoms with Crippen molar-refractivity contribution in [3.8, 4) is 11.3 Å². The number of nitrogens with one attached hydrogen (secondary N) is 1. The molecule has 5 nitrogen and oxygen atoms in total. The molecular formula is C23H17F6N3O2. The van der Waals surface area contributed by atoms with E-state index >= 15 is 0 Å². The zero-order chi connectivity index (χ0) is 24.5. The summed E-state index contributed by atoms with van der Waals surface area (Å²) in [6.07, 6.45) is -2.25. The van der Waals surface area contributed by atoms with Gasteiger partial charge in [-0.15, -0.1) is 0 Å². The van der Waals surface area contributed by atoms with E-state index in [2.05, 4.69) is 15.3 Å². The highest BCUT2D eigenvalue weighted by Crippen LogP contribution is 2.49. The lowest BCUT2D eigenvalue weighted by Crippen LogP contribution is -2.47. The van der Waals surface area contributed by atoms with Crippen LogP contribution in [0, 0.1) is 17.5 Å². The van der Waals surface area contributed by atoms with Gasteiger partial charge in [-0.05, 0) is 49.6 Å². The predicted molar refractivity (Wildman–Crippen MR) is 109 cm³/mol. The molecule has 11 heteroatoms. The summed E-state index contributed by atoms with van der Waals surface area (Å²) in [6.45, 7) is -0.119.